The summed E-state index contributed by atoms with van der Waals surface area (Å²) >= 11 is 7.25. The highest BCUT2D eigenvalue weighted by molar-refractivity contribution is 7.13. The van der Waals surface area contributed by atoms with E-state index in [0.29, 0.717) is 29.5 Å². The molecule has 1 saturated heterocycles. The molecule has 0 bridgehead atoms. The third-order valence-electron chi connectivity index (χ3n) is 5.29. The van der Waals surface area contributed by atoms with E-state index in [2.05, 4.69) is 20.8 Å². The molecule has 0 atom stereocenters. The number of urea groups is 1. The number of nitrogens with one attached hydrogen (secondary N) is 2. The summed E-state index contributed by atoms with van der Waals surface area (Å²) in [5.74, 6) is -0.727. The summed E-state index contributed by atoms with van der Waals surface area (Å²) in [5, 5.41) is 15.3. The first-order valence-corrected chi connectivity index (χ1v) is 11.3. The maximum atomic E-state index is 13.3. The Bertz CT molecular complexity index is 1150. The molecule has 4 rings (SSSR count). The van der Waals surface area contributed by atoms with Crippen molar-refractivity contribution in [2.45, 2.75) is 25.7 Å². The van der Waals surface area contributed by atoms with Gasteiger partial charge in [0.2, 0.25) is 5.01 Å². The molecule has 0 unspecified atom stereocenters. The van der Waals surface area contributed by atoms with E-state index in [9.17, 15) is 14.0 Å². The van der Waals surface area contributed by atoms with Gasteiger partial charge in [-0.15, -0.1) is 10.2 Å². The first-order valence-electron chi connectivity index (χ1n) is 10.1. The number of halogens is 2. The molecule has 1 aliphatic heterocycles. The van der Waals surface area contributed by atoms with Gasteiger partial charge in [-0.25, -0.2) is 9.18 Å². The van der Waals surface area contributed by atoms with Gasteiger partial charge < -0.3 is 15.5 Å². The number of likely N-dealkylation sites (tertiary alicyclic amines) is 1. The molecule has 0 spiro atoms. The van der Waals surface area contributed by atoms with Crippen LogP contribution in [0.4, 0.5) is 20.6 Å². The number of hydrogen-bond donors (Lipinski definition) is 2. The summed E-state index contributed by atoms with van der Waals surface area (Å²) < 4.78 is 13.3. The Morgan fingerprint density at radius 1 is 1.12 bits per heavy atom. The molecule has 3 amide bonds. The Morgan fingerprint density at radius 2 is 1.91 bits per heavy atom. The van der Waals surface area contributed by atoms with Gasteiger partial charge in [-0.05, 0) is 55.7 Å². The lowest BCUT2D eigenvalue weighted by Gasteiger charge is -2.31. The number of aryl methyl sites for hydroxylation is 1. The van der Waals surface area contributed by atoms with E-state index in [1.165, 1.54) is 29.5 Å². The molecular weight excluding hydrogens is 453 g/mol. The molecule has 10 heteroatoms. The molecule has 2 N–H and O–H groups in total. The highest BCUT2D eigenvalue weighted by Gasteiger charge is 2.27. The lowest BCUT2D eigenvalue weighted by atomic mass is 9.98. The number of carbonyl (C=O) groups is 2. The Hall–Kier alpha value is -3.04. The van der Waals surface area contributed by atoms with Crippen LogP contribution in [0.3, 0.4) is 0 Å². The third kappa shape index (κ3) is 5.23. The number of benzene rings is 2. The molecule has 7 nitrogen and oxygen atoms in total. The fraction of sp³-hybridized carbons (Fsp3) is 0.273. The first-order chi connectivity index (χ1) is 15.4. The van der Waals surface area contributed by atoms with E-state index in [0.717, 1.165) is 23.4 Å². The van der Waals surface area contributed by atoms with Gasteiger partial charge in [0.05, 0.1) is 0 Å². The molecular formula is C22H21ClFN5O2S. The van der Waals surface area contributed by atoms with Crippen LogP contribution in [-0.2, 0) is 0 Å². The average Bonchev–Trinajstić information content (AvgIpc) is 3.27. The lowest BCUT2D eigenvalue weighted by Crippen LogP contribution is -2.40. The van der Waals surface area contributed by atoms with Crippen molar-refractivity contribution in [3.63, 3.8) is 0 Å². The highest BCUT2D eigenvalue weighted by atomic mass is 35.5. The van der Waals surface area contributed by atoms with E-state index in [1.807, 2.05) is 13.0 Å². The Morgan fingerprint density at radius 3 is 2.66 bits per heavy atom. The zero-order chi connectivity index (χ0) is 22.7. The molecule has 0 aliphatic carbocycles. The zero-order valence-electron chi connectivity index (χ0n) is 17.3. The smallest absolute Gasteiger partial charge is 0.321 e. The van der Waals surface area contributed by atoms with Crippen molar-refractivity contribution in [1.82, 2.24) is 15.1 Å². The van der Waals surface area contributed by atoms with E-state index in [-0.39, 0.29) is 17.0 Å². The first kappa shape index (κ1) is 22.2. The fourth-order valence-electron chi connectivity index (χ4n) is 3.49. The maximum Gasteiger partial charge on any atom is 0.321 e. The Kier molecular flexibility index (Phi) is 6.66. The second-order valence-corrected chi connectivity index (χ2v) is 9.01. The second kappa shape index (κ2) is 9.62. The van der Waals surface area contributed by atoms with Crippen LogP contribution in [0.15, 0.2) is 42.5 Å². The van der Waals surface area contributed by atoms with E-state index < -0.39 is 11.7 Å². The number of nitrogens with zero attached hydrogens (tertiary/aromatic N) is 3. The van der Waals surface area contributed by atoms with Gasteiger partial charge in [-0.1, -0.05) is 35.1 Å². The summed E-state index contributed by atoms with van der Waals surface area (Å²) in [6, 6.07) is 10.9. The standard InChI is InChI=1S/C22H21ClFN5O2S/c1-13-5-6-15(23)11-18(13)26-22(31)29-9-7-14(8-10-29)20-27-28-21(32-20)19(30)25-17-4-2-3-16(24)12-17/h2-6,11-12,14H,7-10H2,1H3,(H,25,30)(H,26,31). The highest BCUT2D eigenvalue weighted by Crippen LogP contribution is 2.31. The van der Waals surface area contributed by atoms with Gasteiger partial charge in [0.1, 0.15) is 10.8 Å². The topological polar surface area (TPSA) is 87.2 Å². The number of amides is 3. The van der Waals surface area contributed by atoms with Crippen molar-refractivity contribution in [2.24, 2.45) is 0 Å². The van der Waals surface area contributed by atoms with E-state index in [1.54, 1.807) is 23.1 Å². The van der Waals surface area contributed by atoms with Crippen molar-refractivity contribution >= 4 is 46.3 Å². The quantitative estimate of drug-likeness (QED) is 0.538. The largest absolute Gasteiger partial charge is 0.324 e. The van der Waals surface area contributed by atoms with Gasteiger partial charge in [0.15, 0.2) is 0 Å². The van der Waals surface area contributed by atoms with E-state index in [4.69, 9.17) is 11.6 Å². The van der Waals surface area contributed by atoms with Gasteiger partial charge in [-0.3, -0.25) is 4.79 Å². The predicted octanol–water partition coefficient (Wildman–Crippen LogP) is 5.30. The minimum atomic E-state index is -0.429. The molecule has 1 fully saturated rings. The van der Waals surface area contributed by atoms with Crippen LogP contribution in [0.25, 0.3) is 0 Å². The van der Waals surface area contributed by atoms with Gasteiger partial charge in [0.25, 0.3) is 5.91 Å². The molecule has 32 heavy (non-hydrogen) atoms. The van der Waals surface area contributed by atoms with E-state index >= 15 is 0 Å². The fourth-order valence-corrected chi connectivity index (χ4v) is 4.57. The van der Waals surface area contributed by atoms with Crippen molar-refractivity contribution in [3.8, 4) is 0 Å². The molecule has 0 saturated carbocycles. The molecule has 166 valence electrons. The number of carbonyl (C=O) groups excluding carboxylic acids is 2. The molecule has 3 aromatic rings. The zero-order valence-corrected chi connectivity index (χ0v) is 18.8. The summed E-state index contributed by atoms with van der Waals surface area (Å²) in [7, 11) is 0. The third-order valence-corrected chi connectivity index (χ3v) is 6.61. The second-order valence-electron chi connectivity index (χ2n) is 7.56. The Balaban J connectivity index is 1.32. The lowest BCUT2D eigenvalue weighted by molar-refractivity contribution is 0.102. The van der Waals surface area contributed by atoms with Crippen LogP contribution in [0.5, 0.6) is 0 Å². The molecule has 1 aliphatic rings. The van der Waals surface area contributed by atoms with Crippen molar-refractivity contribution < 1.29 is 14.0 Å². The maximum absolute atomic E-state index is 13.3. The van der Waals surface area contributed by atoms with Crippen LogP contribution < -0.4 is 10.6 Å². The summed E-state index contributed by atoms with van der Waals surface area (Å²) in [6.45, 7) is 3.05. The monoisotopic (exact) mass is 473 g/mol. The summed E-state index contributed by atoms with van der Waals surface area (Å²) in [6.07, 6.45) is 1.45. The predicted molar refractivity (Wildman–Crippen MR) is 123 cm³/mol. The van der Waals surface area contributed by atoms with Crippen LogP contribution >= 0.6 is 22.9 Å². The molecule has 1 aromatic heterocycles. The summed E-state index contributed by atoms with van der Waals surface area (Å²) in [4.78, 5) is 26.8. The van der Waals surface area contributed by atoms with Crippen LogP contribution in [0, 0.1) is 12.7 Å². The minimum Gasteiger partial charge on any atom is -0.324 e. The molecule has 0 radical (unpaired) electrons. The minimum absolute atomic E-state index is 0.125. The van der Waals surface area contributed by atoms with Gasteiger partial charge in [-0.2, -0.15) is 0 Å². The number of piperidine rings is 1. The Labute approximate surface area is 193 Å². The van der Waals surface area contributed by atoms with Crippen LogP contribution in [-0.4, -0.2) is 40.1 Å². The SMILES string of the molecule is Cc1ccc(Cl)cc1NC(=O)N1CCC(c2nnc(C(=O)Nc3cccc(F)c3)s2)CC1. The van der Waals surface area contributed by atoms with Gasteiger partial charge >= 0.3 is 6.03 Å². The van der Waals surface area contributed by atoms with Crippen LogP contribution in [0.1, 0.15) is 39.1 Å². The normalized spacial score (nSPS) is 14.3. The van der Waals surface area contributed by atoms with Crippen LogP contribution in [0.2, 0.25) is 5.02 Å². The van der Waals surface area contributed by atoms with Gasteiger partial charge in [0, 0.05) is 35.4 Å². The van der Waals surface area contributed by atoms with Crippen molar-refractivity contribution in [1.29, 1.82) is 0 Å². The molecule has 2 heterocycles. The summed E-state index contributed by atoms with van der Waals surface area (Å²) in [5.41, 5.74) is 2.00. The number of aromatic nitrogens is 2. The number of rotatable bonds is 4. The van der Waals surface area contributed by atoms with Crippen molar-refractivity contribution in [2.75, 3.05) is 23.7 Å². The number of hydrogen-bond acceptors (Lipinski definition) is 5. The number of anilines is 2. The molecule has 2 aromatic carbocycles. The average molecular weight is 474 g/mol. The van der Waals surface area contributed by atoms with Crippen molar-refractivity contribution in [3.05, 3.63) is 68.9 Å².